The minimum atomic E-state index is -0.944. The lowest BCUT2D eigenvalue weighted by molar-refractivity contribution is -0.372. The van der Waals surface area contributed by atoms with Gasteiger partial charge in [-0.25, -0.2) is 24.3 Å². The maximum atomic E-state index is 13.8. The van der Waals surface area contributed by atoms with Crippen molar-refractivity contribution in [2.75, 3.05) is 0 Å². The van der Waals surface area contributed by atoms with Crippen molar-refractivity contribution in [2.24, 2.45) is 0 Å². The highest BCUT2D eigenvalue weighted by molar-refractivity contribution is 9.11. The molecule has 1 aromatic heterocycles. The van der Waals surface area contributed by atoms with Gasteiger partial charge >= 0.3 is 5.69 Å². The topological polar surface area (TPSA) is 107 Å². The predicted octanol–water partition coefficient (Wildman–Crippen LogP) is 6.06. The van der Waals surface area contributed by atoms with Gasteiger partial charge in [0, 0.05) is 23.2 Å². The van der Waals surface area contributed by atoms with Crippen LogP contribution in [0.3, 0.4) is 0 Å². The molecule has 5 rings (SSSR count). The zero-order chi connectivity index (χ0) is 31.8. The van der Waals surface area contributed by atoms with E-state index in [2.05, 4.69) is 15.9 Å². The summed E-state index contributed by atoms with van der Waals surface area (Å²) in [5.41, 5.74) is 0.342. The van der Waals surface area contributed by atoms with Crippen molar-refractivity contribution in [1.29, 1.82) is 0 Å². The van der Waals surface area contributed by atoms with E-state index < -0.39 is 41.7 Å². The number of hydrogen-bond acceptors (Lipinski definition) is 8. The number of carbonyl (C=O) groups is 1. The molecule has 0 spiro atoms. The van der Waals surface area contributed by atoms with Crippen molar-refractivity contribution in [3.63, 3.8) is 0 Å². The predicted molar refractivity (Wildman–Crippen MR) is 171 cm³/mol. The van der Waals surface area contributed by atoms with Crippen molar-refractivity contribution >= 4 is 39.5 Å². The lowest BCUT2D eigenvalue weighted by Crippen LogP contribution is -2.45. The molecule has 0 bridgehead atoms. The van der Waals surface area contributed by atoms with E-state index in [-0.39, 0.29) is 30.8 Å². The third-order valence-corrected chi connectivity index (χ3v) is 7.63. The van der Waals surface area contributed by atoms with Crippen molar-refractivity contribution in [2.45, 2.75) is 51.1 Å². The first-order chi connectivity index (χ1) is 21.9. The Morgan fingerprint density at radius 1 is 0.978 bits per heavy atom. The van der Waals surface area contributed by atoms with Crippen LogP contribution in [0.25, 0.3) is 6.08 Å². The van der Waals surface area contributed by atoms with Gasteiger partial charge in [0.05, 0.1) is 5.56 Å². The average molecular weight is 698 g/mol. The molecule has 0 N–H and O–H groups in total. The molecule has 0 aliphatic carbocycles. The molecule has 0 saturated carbocycles. The monoisotopic (exact) mass is 696 g/mol. The average Bonchev–Trinajstić information content (AvgIpc) is 3.47. The lowest BCUT2D eigenvalue weighted by Gasteiger charge is -2.23. The van der Waals surface area contributed by atoms with Crippen LogP contribution in [0, 0.1) is 0 Å². The summed E-state index contributed by atoms with van der Waals surface area (Å²) in [5.74, 6) is -0.806. The maximum absolute atomic E-state index is 13.8. The van der Waals surface area contributed by atoms with Crippen molar-refractivity contribution < 1.29 is 29.1 Å². The molecule has 1 aliphatic rings. The molecule has 2 heterocycles. The summed E-state index contributed by atoms with van der Waals surface area (Å²) in [5, 5.41) is 0.405. The second-order valence-electron chi connectivity index (χ2n) is 10.2. The van der Waals surface area contributed by atoms with Gasteiger partial charge in [-0.05, 0) is 53.4 Å². The van der Waals surface area contributed by atoms with Gasteiger partial charge in [0.25, 0.3) is 11.5 Å². The fourth-order valence-electron chi connectivity index (χ4n) is 4.83. The maximum Gasteiger partial charge on any atom is 0.340 e. The van der Waals surface area contributed by atoms with Crippen LogP contribution in [0.2, 0.25) is 5.02 Å². The first-order valence-electron chi connectivity index (χ1n) is 14.1. The van der Waals surface area contributed by atoms with Crippen molar-refractivity contribution in [3.8, 4) is 0 Å². The third-order valence-electron chi connectivity index (χ3n) is 7.11. The van der Waals surface area contributed by atoms with Gasteiger partial charge in [-0.2, -0.15) is 4.57 Å². The van der Waals surface area contributed by atoms with E-state index in [0.717, 1.165) is 11.1 Å². The Balaban J connectivity index is 1.41. The Hall–Kier alpha value is -3.68. The Kier molecular flexibility index (Phi) is 11.3. The minimum absolute atomic E-state index is 0.0779. The SMILES string of the molecule is CC(OOCc1ccccc1)[C@H]1O[C@@H](n2cc(/C=C/Br)c(=O)n(C(=O)c3ccc(Cl)cc3)c2=O)C[C@@H]1OOCc1ccccc1. The van der Waals surface area contributed by atoms with E-state index in [1.165, 1.54) is 46.1 Å². The van der Waals surface area contributed by atoms with Gasteiger partial charge in [0.2, 0.25) is 0 Å². The van der Waals surface area contributed by atoms with Gasteiger partial charge < -0.3 is 4.74 Å². The Morgan fingerprint density at radius 2 is 1.60 bits per heavy atom. The number of aromatic nitrogens is 2. The highest BCUT2D eigenvalue weighted by Gasteiger charge is 2.43. The number of ether oxygens (including phenoxy) is 1. The molecule has 1 aliphatic heterocycles. The number of hydrogen-bond donors (Lipinski definition) is 0. The number of rotatable bonds is 12. The first-order valence-corrected chi connectivity index (χ1v) is 15.4. The highest BCUT2D eigenvalue weighted by Crippen LogP contribution is 2.33. The molecule has 12 heteroatoms. The van der Waals surface area contributed by atoms with Gasteiger partial charge in [-0.3, -0.25) is 14.2 Å². The van der Waals surface area contributed by atoms with E-state index in [1.807, 2.05) is 60.7 Å². The molecule has 45 heavy (non-hydrogen) atoms. The molecule has 1 unspecified atom stereocenters. The lowest BCUT2D eigenvalue weighted by atomic mass is 10.1. The Morgan fingerprint density at radius 3 is 2.22 bits per heavy atom. The molecule has 1 fully saturated rings. The van der Waals surface area contributed by atoms with E-state index in [4.69, 9.17) is 35.9 Å². The van der Waals surface area contributed by atoms with Crippen LogP contribution in [0.5, 0.6) is 0 Å². The standard InChI is InChI=1S/C33H30BrClN2O8/c1-22(44-41-20-23-8-4-2-5-9-23)30-28(45-42-21-24-10-6-3-7-11-24)18-29(43-30)36-19-26(16-17-34)32(39)37(33(36)40)31(38)25-12-14-27(35)15-13-25/h2-17,19,22,28-30H,18,20-21H2,1H3/b17-16+/t22?,28-,29+,30+/m0/s1. The summed E-state index contributed by atoms with van der Waals surface area (Å²) in [4.78, 5) is 64.5. The highest BCUT2D eigenvalue weighted by atomic mass is 79.9. The normalized spacial score (nSPS) is 18.8. The first kappa shape index (κ1) is 32.7. The van der Waals surface area contributed by atoms with E-state index in [1.54, 1.807) is 6.92 Å². The largest absolute Gasteiger partial charge is 0.349 e. The van der Waals surface area contributed by atoms with Crippen molar-refractivity contribution in [1.82, 2.24) is 9.13 Å². The number of carbonyl (C=O) groups excluding carboxylic acids is 1. The Labute approximate surface area is 272 Å². The summed E-state index contributed by atoms with van der Waals surface area (Å²) in [6, 6.07) is 24.9. The summed E-state index contributed by atoms with van der Waals surface area (Å²) in [7, 11) is 0. The molecule has 4 atom stereocenters. The molecule has 1 saturated heterocycles. The van der Waals surface area contributed by atoms with Crippen LogP contribution in [0.1, 0.15) is 46.6 Å². The Bertz CT molecular complexity index is 1730. The summed E-state index contributed by atoms with van der Waals surface area (Å²) < 4.78 is 8.08. The van der Waals surface area contributed by atoms with Crippen LogP contribution in [-0.4, -0.2) is 33.4 Å². The summed E-state index contributed by atoms with van der Waals surface area (Å²) >= 11 is 9.15. The van der Waals surface area contributed by atoms with E-state index in [9.17, 15) is 14.4 Å². The molecule has 0 amide bonds. The van der Waals surface area contributed by atoms with Crippen LogP contribution in [0.4, 0.5) is 0 Å². The quantitative estimate of drug-likeness (QED) is 0.130. The molecule has 234 valence electrons. The van der Waals surface area contributed by atoms with Gasteiger partial charge in [0.15, 0.2) is 0 Å². The molecule has 3 aromatic carbocycles. The fourth-order valence-corrected chi connectivity index (χ4v) is 5.24. The second kappa shape index (κ2) is 15.5. The third kappa shape index (κ3) is 8.13. The van der Waals surface area contributed by atoms with Crippen molar-refractivity contribution in [3.05, 3.63) is 144 Å². The van der Waals surface area contributed by atoms with E-state index in [0.29, 0.717) is 9.59 Å². The summed E-state index contributed by atoms with van der Waals surface area (Å²) in [6.07, 6.45) is -0.143. The van der Waals surface area contributed by atoms with Crippen LogP contribution < -0.4 is 11.2 Å². The molecule has 10 nitrogen and oxygen atoms in total. The van der Waals surface area contributed by atoms with Gasteiger partial charge in [-0.1, -0.05) is 88.2 Å². The number of nitrogens with zero attached hydrogens (tertiary/aromatic N) is 2. The zero-order valence-corrected chi connectivity index (χ0v) is 26.5. The zero-order valence-electron chi connectivity index (χ0n) is 24.2. The second-order valence-corrected chi connectivity index (χ2v) is 11.2. The number of benzene rings is 3. The smallest absolute Gasteiger partial charge is 0.340 e. The van der Waals surface area contributed by atoms with E-state index >= 15 is 0 Å². The molecular formula is C33H30BrClN2O8. The summed E-state index contributed by atoms with van der Waals surface area (Å²) in [6.45, 7) is 2.13. The molecule has 4 aromatic rings. The number of halogens is 2. The van der Waals surface area contributed by atoms with Crippen LogP contribution in [-0.2, 0) is 37.5 Å². The molecular weight excluding hydrogens is 668 g/mol. The van der Waals surface area contributed by atoms with Crippen LogP contribution in [0.15, 0.2) is 106 Å². The van der Waals surface area contributed by atoms with Gasteiger partial charge in [0.1, 0.15) is 37.8 Å². The fraction of sp³-hybridized carbons (Fsp3) is 0.242. The minimum Gasteiger partial charge on any atom is -0.349 e. The van der Waals surface area contributed by atoms with Crippen LogP contribution >= 0.6 is 27.5 Å². The molecule has 0 radical (unpaired) electrons. The van der Waals surface area contributed by atoms with Gasteiger partial charge in [-0.15, -0.1) is 0 Å².